The van der Waals surface area contributed by atoms with E-state index in [4.69, 9.17) is 0 Å². The summed E-state index contributed by atoms with van der Waals surface area (Å²) in [5.74, 6) is -1.80. The number of aromatic nitrogens is 2. The molecule has 2 unspecified atom stereocenters. The third kappa shape index (κ3) is 5.18. The van der Waals surface area contributed by atoms with E-state index in [0.717, 1.165) is 53.2 Å². The van der Waals surface area contributed by atoms with Crippen LogP contribution in [0, 0.1) is 11.7 Å². The van der Waals surface area contributed by atoms with E-state index in [2.05, 4.69) is 5.10 Å². The highest BCUT2D eigenvalue weighted by Crippen LogP contribution is 2.38. The molecule has 1 fully saturated rings. The lowest BCUT2D eigenvalue weighted by molar-refractivity contribution is -0.137. The third-order valence-corrected chi connectivity index (χ3v) is 8.59. The van der Waals surface area contributed by atoms with Gasteiger partial charge < -0.3 is 0 Å². The molecule has 2 atom stereocenters. The smallest absolute Gasteiger partial charge is 0.299 e. The van der Waals surface area contributed by atoms with Crippen molar-refractivity contribution in [3.05, 3.63) is 77.4 Å². The first-order chi connectivity index (χ1) is 16.9. The zero-order chi connectivity index (χ0) is 26.3. The van der Waals surface area contributed by atoms with Crippen LogP contribution in [0.25, 0.3) is 5.69 Å². The first kappa shape index (κ1) is 25.9. The minimum Gasteiger partial charge on any atom is -0.299 e. The van der Waals surface area contributed by atoms with Crippen LogP contribution in [0.1, 0.15) is 42.5 Å². The molecule has 0 amide bonds. The maximum absolute atomic E-state index is 13.6. The molecular weight excluding hydrogens is 510 g/mol. The number of benzene rings is 2. The van der Waals surface area contributed by atoms with Gasteiger partial charge in [-0.25, -0.2) is 26.3 Å². The lowest BCUT2D eigenvalue weighted by atomic mass is 9.80. The Hall–Kier alpha value is -3.15. The summed E-state index contributed by atoms with van der Waals surface area (Å²) in [4.78, 5) is 12.7. The van der Waals surface area contributed by atoms with Crippen molar-refractivity contribution >= 4 is 15.6 Å². The highest BCUT2D eigenvalue weighted by atomic mass is 32.2. The van der Waals surface area contributed by atoms with E-state index < -0.39 is 56.5 Å². The molecule has 0 radical (unpaired) electrons. The quantitative estimate of drug-likeness (QED) is 0.276. The van der Waals surface area contributed by atoms with Crippen LogP contribution in [0.5, 0.6) is 0 Å². The van der Waals surface area contributed by atoms with Gasteiger partial charge in [0, 0.05) is 24.1 Å². The third-order valence-electron chi connectivity index (χ3n) is 6.29. The predicted molar refractivity (Wildman–Crippen MR) is 117 cm³/mol. The molecule has 192 valence electrons. The fourth-order valence-electron chi connectivity index (χ4n) is 4.19. The number of aryl methyl sites for hydroxylation is 1. The van der Waals surface area contributed by atoms with Crippen molar-refractivity contribution in [2.24, 2.45) is 5.92 Å². The van der Waals surface area contributed by atoms with Crippen LogP contribution in [0.15, 0.2) is 59.6 Å². The molecule has 0 saturated heterocycles. The lowest BCUT2D eigenvalue weighted by Crippen LogP contribution is -2.43. The van der Waals surface area contributed by atoms with Crippen LogP contribution >= 0.6 is 0 Å². The number of alkyl halides is 5. The van der Waals surface area contributed by atoms with Crippen LogP contribution in [-0.4, -0.2) is 29.2 Å². The van der Waals surface area contributed by atoms with Crippen LogP contribution in [-0.2, 0) is 27.2 Å². The van der Waals surface area contributed by atoms with Gasteiger partial charge in [0.2, 0.25) is 0 Å². The number of carbonyl (C=O) groups is 1. The fourth-order valence-corrected chi connectivity index (χ4v) is 6.22. The van der Waals surface area contributed by atoms with Gasteiger partial charge in [0.25, 0.3) is 6.43 Å². The largest absolute Gasteiger partial charge is 0.416 e. The number of ketones is 1. The van der Waals surface area contributed by atoms with Gasteiger partial charge >= 0.3 is 6.18 Å². The average molecular weight is 530 g/mol. The van der Waals surface area contributed by atoms with Crippen molar-refractivity contribution < 1.29 is 39.6 Å². The number of rotatable bonds is 8. The zero-order valence-corrected chi connectivity index (χ0v) is 19.4. The number of hydrogen-bond acceptors (Lipinski definition) is 4. The molecule has 0 N–H and O–H groups in total. The van der Waals surface area contributed by atoms with Crippen molar-refractivity contribution in [2.75, 3.05) is 0 Å². The van der Waals surface area contributed by atoms with E-state index in [-0.39, 0.29) is 35.4 Å². The number of carbonyl (C=O) groups excluding carboxylic acids is 1. The molecule has 2 aromatic carbocycles. The van der Waals surface area contributed by atoms with Gasteiger partial charge in [0.1, 0.15) is 17.3 Å². The minimum absolute atomic E-state index is 0.0375. The Morgan fingerprint density at radius 3 is 2.19 bits per heavy atom. The van der Waals surface area contributed by atoms with Crippen molar-refractivity contribution in [1.29, 1.82) is 0 Å². The summed E-state index contributed by atoms with van der Waals surface area (Å²) < 4.78 is 105. The molecule has 4 rings (SSSR count). The Kier molecular flexibility index (Phi) is 7.00. The van der Waals surface area contributed by atoms with Crippen molar-refractivity contribution in [1.82, 2.24) is 9.78 Å². The molecular formula is C24H20F6N2O3S. The molecule has 1 heterocycles. The summed E-state index contributed by atoms with van der Waals surface area (Å²) in [6.45, 7) is 0. The van der Waals surface area contributed by atoms with Gasteiger partial charge in [-0.15, -0.1) is 0 Å². The summed E-state index contributed by atoms with van der Waals surface area (Å²) in [7, 11) is -3.87. The van der Waals surface area contributed by atoms with Crippen molar-refractivity contribution in [3.8, 4) is 5.69 Å². The van der Waals surface area contributed by atoms with E-state index in [1.165, 1.54) is 6.20 Å². The fraction of sp³-hybridized carbons (Fsp3) is 0.333. The lowest BCUT2D eigenvalue weighted by Gasteiger charge is -2.35. The maximum atomic E-state index is 13.6. The van der Waals surface area contributed by atoms with Gasteiger partial charge in [-0.1, -0.05) is 0 Å². The minimum atomic E-state index is -4.55. The molecule has 12 heteroatoms. The standard InChI is InChI=1S/C24H20F6N2O3S/c25-16-4-8-18(9-5-16)36(34,35)21-12-10-19(21)20(33)11-1-14-13-32(31-22(14)23(26)27)17-6-2-15(3-7-17)24(28,29)30/h2-9,13,19,21,23H,1,10-12H2. The van der Waals surface area contributed by atoms with E-state index >= 15 is 0 Å². The number of Topliss-reactive ketones (excluding diaryl/α,β-unsaturated/α-hetero) is 1. The molecule has 0 aliphatic heterocycles. The molecule has 0 bridgehead atoms. The monoisotopic (exact) mass is 530 g/mol. The molecule has 1 aromatic heterocycles. The highest BCUT2D eigenvalue weighted by molar-refractivity contribution is 7.92. The first-order valence-corrected chi connectivity index (χ1v) is 12.5. The van der Waals surface area contributed by atoms with Crippen molar-refractivity contribution in [2.45, 2.75) is 48.4 Å². The normalized spacial score (nSPS) is 18.3. The number of sulfone groups is 1. The van der Waals surface area contributed by atoms with Gasteiger partial charge in [-0.05, 0) is 67.8 Å². The molecule has 1 aliphatic rings. The summed E-state index contributed by atoms with van der Waals surface area (Å²) in [5.41, 5.74) is -1.34. The second kappa shape index (κ2) is 9.72. The second-order valence-electron chi connectivity index (χ2n) is 8.52. The highest BCUT2D eigenvalue weighted by Gasteiger charge is 2.45. The van der Waals surface area contributed by atoms with Crippen LogP contribution in [0.3, 0.4) is 0 Å². The Morgan fingerprint density at radius 1 is 1.03 bits per heavy atom. The van der Waals surface area contributed by atoms with Crippen molar-refractivity contribution in [3.63, 3.8) is 0 Å². The van der Waals surface area contributed by atoms with Gasteiger partial charge in [-0.2, -0.15) is 18.3 Å². The van der Waals surface area contributed by atoms with Gasteiger partial charge in [0.05, 0.1) is 21.4 Å². The van der Waals surface area contributed by atoms with E-state index in [9.17, 15) is 39.6 Å². The topological polar surface area (TPSA) is 69.0 Å². The van der Waals surface area contributed by atoms with Crippen LogP contribution < -0.4 is 0 Å². The summed E-state index contributed by atoms with van der Waals surface area (Å²) >= 11 is 0. The van der Waals surface area contributed by atoms with Crippen LogP contribution in [0.4, 0.5) is 26.3 Å². The molecule has 1 saturated carbocycles. The number of halogens is 6. The Morgan fingerprint density at radius 2 is 1.67 bits per heavy atom. The average Bonchev–Trinajstić information content (AvgIpc) is 3.21. The number of nitrogens with zero attached hydrogens (tertiary/aromatic N) is 2. The van der Waals surface area contributed by atoms with Gasteiger partial charge in [-0.3, -0.25) is 4.79 Å². The summed E-state index contributed by atoms with van der Waals surface area (Å²) in [6, 6.07) is 8.11. The molecule has 36 heavy (non-hydrogen) atoms. The second-order valence-corrected chi connectivity index (χ2v) is 10.7. The van der Waals surface area contributed by atoms with E-state index in [0.29, 0.717) is 6.42 Å². The Bertz CT molecular complexity index is 1350. The van der Waals surface area contributed by atoms with Crippen LogP contribution in [0.2, 0.25) is 0 Å². The Labute approximate surface area is 202 Å². The van der Waals surface area contributed by atoms with E-state index in [1.807, 2.05) is 0 Å². The molecule has 1 aliphatic carbocycles. The summed E-state index contributed by atoms with van der Waals surface area (Å²) in [6.07, 6.45) is -6.07. The SMILES string of the molecule is O=C(CCc1cn(-c2ccc(C(F)(F)F)cc2)nc1C(F)F)C1CCC1S(=O)(=O)c1ccc(F)cc1. The zero-order valence-electron chi connectivity index (χ0n) is 18.6. The molecule has 5 nitrogen and oxygen atoms in total. The van der Waals surface area contributed by atoms with Gasteiger partial charge in [0.15, 0.2) is 9.84 Å². The summed E-state index contributed by atoms with van der Waals surface area (Å²) in [5, 5.41) is 2.81. The first-order valence-electron chi connectivity index (χ1n) is 10.9. The Balaban J connectivity index is 1.47. The predicted octanol–water partition coefficient (Wildman–Crippen LogP) is 5.72. The maximum Gasteiger partial charge on any atom is 0.416 e. The molecule has 0 spiro atoms. The number of hydrogen-bond donors (Lipinski definition) is 0. The van der Waals surface area contributed by atoms with E-state index in [1.54, 1.807) is 0 Å². The molecule has 3 aromatic rings.